The Kier molecular flexibility index (Phi) is 3.18. The van der Waals surface area contributed by atoms with Crippen LogP contribution in [-0.4, -0.2) is 16.1 Å². The van der Waals surface area contributed by atoms with Crippen LogP contribution in [0, 0.1) is 0 Å². The molecule has 0 unspecified atom stereocenters. The number of amides is 1. The Balaban J connectivity index is 1.78. The van der Waals surface area contributed by atoms with Crippen LogP contribution < -0.4 is 11.1 Å². The number of nitrogens with one attached hydrogen (secondary N) is 2. The average Bonchev–Trinajstić information content (AvgIpc) is 2.95. The van der Waals surface area contributed by atoms with E-state index in [1.165, 1.54) is 0 Å². The Morgan fingerprint density at radius 1 is 1.20 bits per heavy atom. The number of rotatable bonds is 3. The van der Waals surface area contributed by atoms with E-state index in [1.54, 1.807) is 6.20 Å². The summed E-state index contributed by atoms with van der Waals surface area (Å²) in [4.78, 5) is 12.1. The molecule has 100 valence electrons. The molecule has 5 heteroatoms. The molecule has 3 aromatic rings. The number of fused-ring (bicyclic) bond motifs is 1. The molecular formula is C15H14N4O. The molecule has 20 heavy (non-hydrogen) atoms. The van der Waals surface area contributed by atoms with Crippen LogP contribution in [0.4, 0.5) is 5.69 Å². The first-order valence-electron chi connectivity index (χ1n) is 6.28. The quantitative estimate of drug-likeness (QED) is 0.679. The summed E-state index contributed by atoms with van der Waals surface area (Å²) in [6.45, 7) is 0. The molecule has 1 atom stereocenters. The standard InChI is InChI=1S/C15H14N4O/c16-14(10-4-2-1-3-5-10)15(20)18-12-7-6-11-9-17-19-13(11)8-12/h1-9,14H,16H2,(H,17,19)(H,18,20)/t14-/m0/s1. The number of hydrogen-bond acceptors (Lipinski definition) is 3. The molecule has 0 spiro atoms. The number of nitrogens with two attached hydrogens (primary N) is 1. The molecule has 0 aliphatic carbocycles. The summed E-state index contributed by atoms with van der Waals surface area (Å²) < 4.78 is 0. The van der Waals surface area contributed by atoms with Gasteiger partial charge in [0.2, 0.25) is 5.91 Å². The third-order valence-corrected chi connectivity index (χ3v) is 3.15. The van der Waals surface area contributed by atoms with Gasteiger partial charge in [-0.15, -0.1) is 0 Å². The largest absolute Gasteiger partial charge is 0.324 e. The lowest BCUT2D eigenvalue weighted by Gasteiger charge is -2.12. The number of hydrogen-bond donors (Lipinski definition) is 3. The number of carbonyl (C=O) groups is 1. The highest BCUT2D eigenvalue weighted by Crippen LogP contribution is 2.18. The molecule has 1 amide bonds. The molecule has 2 aromatic carbocycles. The number of aromatic nitrogens is 2. The summed E-state index contributed by atoms with van der Waals surface area (Å²) in [5, 5.41) is 10.6. The second-order valence-electron chi connectivity index (χ2n) is 4.55. The van der Waals surface area contributed by atoms with E-state index < -0.39 is 6.04 Å². The van der Waals surface area contributed by atoms with Crippen molar-refractivity contribution in [1.82, 2.24) is 10.2 Å². The van der Waals surface area contributed by atoms with Gasteiger partial charge in [-0.2, -0.15) is 5.10 Å². The van der Waals surface area contributed by atoms with Crippen molar-refractivity contribution >= 4 is 22.5 Å². The van der Waals surface area contributed by atoms with Crippen LogP contribution in [0.2, 0.25) is 0 Å². The van der Waals surface area contributed by atoms with Crippen LogP contribution in [0.25, 0.3) is 10.9 Å². The van der Waals surface area contributed by atoms with Crippen LogP contribution in [0.1, 0.15) is 11.6 Å². The van der Waals surface area contributed by atoms with E-state index in [0.717, 1.165) is 16.5 Å². The zero-order chi connectivity index (χ0) is 13.9. The maximum absolute atomic E-state index is 12.1. The van der Waals surface area contributed by atoms with Crippen molar-refractivity contribution in [2.75, 3.05) is 5.32 Å². The summed E-state index contributed by atoms with van der Waals surface area (Å²) >= 11 is 0. The maximum Gasteiger partial charge on any atom is 0.245 e. The van der Waals surface area contributed by atoms with Gasteiger partial charge in [-0.05, 0) is 23.8 Å². The number of benzene rings is 2. The molecule has 4 N–H and O–H groups in total. The number of nitrogens with zero attached hydrogens (tertiary/aromatic N) is 1. The van der Waals surface area contributed by atoms with Crippen LogP contribution in [0.3, 0.4) is 0 Å². The predicted molar refractivity (Wildman–Crippen MR) is 78.1 cm³/mol. The molecule has 1 aromatic heterocycles. The van der Waals surface area contributed by atoms with Crippen LogP contribution in [0.5, 0.6) is 0 Å². The highest BCUT2D eigenvalue weighted by atomic mass is 16.2. The Hall–Kier alpha value is -2.66. The molecule has 0 saturated heterocycles. The number of anilines is 1. The maximum atomic E-state index is 12.1. The molecule has 5 nitrogen and oxygen atoms in total. The van der Waals surface area contributed by atoms with Gasteiger partial charge in [0, 0.05) is 11.1 Å². The fourth-order valence-electron chi connectivity index (χ4n) is 2.05. The lowest BCUT2D eigenvalue weighted by molar-refractivity contribution is -0.117. The van der Waals surface area contributed by atoms with Gasteiger partial charge >= 0.3 is 0 Å². The molecule has 1 heterocycles. The van der Waals surface area contributed by atoms with E-state index in [1.807, 2.05) is 48.5 Å². The van der Waals surface area contributed by atoms with Crippen molar-refractivity contribution in [1.29, 1.82) is 0 Å². The summed E-state index contributed by atoms with van der Waals surface area (Å²) in [6.07, 6.45) is 1.73. The first-order chi connectivity index (χ1) is 9.74. The van der Waals surface area contributed by atoms with E-state index in [2.05, 4.69) is 15.5 Å². The van der Waals surface area contributed by atoms with Crippen molar-refractivity contribution in [3.8, 4) is 0 Å². The highest BCUT2D eigenvalue weighted by Gasteiger charge is 2.15. The third kappa shape index (κ3) is 2.39. The zero-order valence-corrected chi connectivity index (χ0v) is 10.7. The van der Waals surface area contributed by atoms with Crippen molar-refractivity contribution < 1.29 is 4.79 Å². The van der Waals surface area contributed by atoms with Crippen molar-refractivity contribution in [2.45, 2.75) is 6.04 Å². The minimum absolute atomic E-state index is 0.241. The van der Waals surface area contributed by atoms with Crippen LogP contribution >= 0.6 is 0 Å². The summed E-state index contributed by atoms with van der Waals surface area (Å²) in [5.74, 6) is -0.241. The second kappa shape index (κ2) is 5.14. The normalized spacial score (nSPS) is 12.2. The van der Waals surface area contributed by atoms with E-state index in [9.17, 15) is 4.79 Å². The van der Waals surface area contributed by atoms with Crippen molar-refractivity contribution in [3.63, 3.8) is 0 Å². The molecule has 0 aliphatic rings. The summed E-state index contributed by atoms with van der Waals surface area (Å²) in [6, 6.07) is 14.1. The summed E-state index contributed by atoms with van der Waals surface area (Å²) in [7, 11) is 0. The van der Waals surface area contributed by atoms with E-state index in [-0.39, 0.29) is 5.91 Å². The number of aromatic amines is 1. The van der Waals surface area contributed by atoms with Gasteiger partial charge < -0.3 is 11.1 Å². The highest BCUT2D eigenvalue weighted by molar-refractivity contribution is 5.97. The minimum Gasteiger partial charge on any atom is -0.324 e. The first-order valence-corrected chi connectivity index (χ1v) is 6.28. The lowest BCUT2D eigenvalue weighted by atomic mass is 10.1. The van der Waals surface area contributed by atoms with Gasteiger partial charge in [-0.3, -0.25) is 9.89 Å². The molecule has 0 radical (unpaired) electrons. The van der Waals surface area contributed by atoms with Gasteiger partial charge in [0.05, 0.1) is 11.7 Å². The molecular weight excluding hydrogens is 252 g/mol. The zero-order valence-electron chi connectivity index (χ0n) is 10.7. The molecule has 0 aliphatic heterocycles. The van der Waals surface area contributed by atoms with E-state index >= 15 is 0 Å². The monoisotopic (exact) mass is 266 g/mol. The minimum atomic E-state index is -0.686. The van der Waals surface area contributed by atoms with Gasteiger partial charge in [-0.25, -0.2) is 0 Å². The van der Waals surface area contributed by atoms with Crippen molar-refractivity contribution in [2.24, 2.45) is 5.73 Å². The first kappa shape index (κ1) is 12.4. The van der Waals surface area contributed by atoms with E-state index in [4.69, 9.17) is 5.73 Å². The Labute approximate surface area is 115 Å². The Morgan fingerprint density at radius 3 is 2.80 bits per heavy atom. The fourth-order valence-corrected chi connectivity index (χ4v) is 2.05. The Bertz CT molecular complexity index is 736. The molecule has 0 bridgehead atoms. The van der Waals surface area contributed by atoms with Crippen LogP contribution in [0.15, 0.2) is 54.7 Å². The molecule has 3 rings (SSSR count). The predicted octanol–water partition coefficient (Wildman–Crippen LogP) is 2.20. The van der Waals surface area contributed by atoms with Gasteiger partial charge in [0.25, 0.3) is 0 Å². The number of carbonyl (C=O) groups excluding carboxylic acids is 1. The second-order valence-corrected chi connectivity index (χ2v) is 4.55. The van der Waals surface area contributed by atoms with Gasteiger partial charge in [0.1, 0.15) is 6.04 Å². The molecule has 0 saturated carbocycles. The lowest BCUT2D eigenvalue weighted by Crippen LogP contribution is -2.27. The van der Waals surface area contributed by atoms with Crippen molar-refractivity contribution in [3.05, 3.63) is 60.3 Å². The van der Waals surface area contributed by atoms with Crippen LogP contribution in [-0.2, 0) is 4.79 Å². The fraction of sp³-hybridized carbons (Fsp3) is 0.0667. The SMILES string of the molecule is N[C@H](C(=O)Nc1ccc2cn[nH]c2c1)c1ccccc1. The number of H-pyrrole nitrogens is 1. The van der Waals surface area contributed by atoms with Gasteiger partial charge in [-0.1, -0.05) is 30.3 Å². The molecule has 0 fully saturated rings. The van der Waals surface area contributed by atoms with E-state index in [0.29, 0.717) is 5.69 Å². The topological polar surface area (TPSA) is 83.8 Å². The smallest absolute Gasteiger partial charge is 0.245 e. The average molecular weight is 266 g/mol. The Morgan fingerprint density at radius 2 is 2.00 bits per heavy atom. The van der Waals surface area contributed by atoms with Gasteiger partial charge in [0.15, 0.2) is 0 Å². The third-order valence-electron chi connectivity index (χ3n) is 3.15. The summed E-state index contributed by atoms with van der Waals surface area (Å²) in [5.41, 5.74) is 8.30.